The van der Waals surface area contributed by atoms with E-state index in [9.17, 15) is 9.50 Å². The lowest BCUT2D eigenvalue weighted by Gasteiger charge is -2.08. The number of halogens is 2. The molecule has 0 radical (unpaired) electrons. The molecule has 0 saturated carbocycles. The lowest BCUT2D eigenvalue weighted by molar-refractivity contribution is 0.274. The summed E-state index contributed by atoms with van der Waals surface area (Å²) >= 11 is 3.09. The minimum atomic E-state index is -0.356. The summed E-state index contributed by atoms with van der Waals surface area (Å²) in [4.78, 5) is 0. The third kappa shape index (κ3) is 2.39. The highest BCUT2D eigenvalue weighted by Crippen LogP contribution is 2.29. The van der Waals surface area contributed by atoms with Gasteiger partial charge >= 0.3 is 0 Å². The molecule has 0 aliphatic carbocycles. The molecule has 4 nitrogen and oxygen atoms in total. The number of aromatic nitrogens is 2. The summed E-state index contributed by atoms with van der Waals surface area (Å²) in [5.74, 6) is 0.570. The largest absolute Gasteiger partial charge is 0.439 e. The monoisotopic (exact) mass is 314 g/mol. The van der Waals surface area contributed by atoms with Crippen LogP contribution in [-0.4, -0.2) is 14.9 Å². The maximum absolute atomic E-state index is 13.1. The summed E-state index contributed by atoms with van der Waals surface area (Å²) < 4.78 is 20.6. The van der Waals surface area contributed by atoms with Crippen LogP contribution in [0.5, 0.6) is 11.6 Å². The van der Waals surface area contributed by atoms with Crippen LogP contribution in [0.15, 0.2) is 22.7 Å². The predicted octanol–water partition coefficient (Wildman–Crippen LogP) is 2.91. The highest BCUT2D eigenvalue weighted by atomic mass is 79.9. The molecule has 0 aliphatic heterocycles. The maximum atomic E-state index is 13.1. The van der Waals surface area contributed by atoms with E-state index >= 15 is 0 Å². The van der Waals surface area contributed by atoms with Crippen molar-refractivity contribution in [3.63, 3.8) is 0 Å². The average Bonchev–Trinajstić information content (AvgIpc) is 2.58. The van der Waals surface area contributed by atoms with E-state index in [0.29, 0.717) is 27.4 Å². The number of ether oxygens (including phenoxy) is 1. The van der Waals surface area contributed by atoms with Gasteiger partial charge in [-0.1, -0.05) is 0 Å². The molecule has 1 N–H and O–H groups in total. The van der Waals surface area contributed by atoms with Crippen LogP contribution in [0.2, 0.25) is 0 Å². The van der Waals surface area contributed by atoms with Crippen LogP contribution in [0, 0.1) is 12.7 Å². The van der Waals surface area contributed by atoms with Crippen LogP contribution in [-0.2, 0) is 13.7 Å². The highest BCUT2D eigenvalue weighted by Gasteiger charge is 2.15. The standard InChI is InChI=1S/C12H12BrFN2O2/c1-7-9(6-17)12(16(2)15-7)18-8-3-4-11(14)10(13)5-8/h3-5,17H,6H2,1-2H3. The molecule has 0 saturated heterocycles. The molecule has 2 aromatic rings. The minimum absolute atomic E-state index is 0.155. The fourth-order valence-electron chi connectivity index (χ4n) is 1.64. The van der Waals surface area contributed by atoms with Gasteiger partial charge < -0.3 is 9.84 Å². The number of hydrogen-bond acceptors (Lipinski definition) is 3. The fourth-order valence-corrected chi connectivity index (χ4v) is 2.00. The molecule has 0 unspecified atom stereocenters. The second-order valence-corrected chi connectivity index (χ2v) is 4.68. The van der Waals surface area contributed by atoms with Crippen molar-refractivity contribution < 1.29 is 14.2 Å². The smallest absolute Gasteiger partial charge is 0.223 e. The van der Waals surface area contributed by atoms with Crippen LogP contribution in [0.4, 0.5) is 4.39 Å². The first-order chi connectivity index (χ1) is 8.52. The van der Waals surface area contributed by atoms with Crippen molar-refractivity contribution in [1.29, 1.82) is 0 Å². The Hall–Kier alpha value is -1.40. The molecule has 2 rings (SSSR count). The van der Waals surface area contributed by atoms with Crippen molar-refractivity contribution in [2.24, 2.45) is 7.05 Å². The van der Waals surface area contributed by atoms with Gasteiger partial charge in [-0.15, -0.1) is 0 Å². The summed E-state index contributed by atoms with van der Waals surface area (Å²) in [6.45, 7) is 1.64. The third-order valence-corrected chi connectivity index (χ3v) is 3.16. The molecular weight excluding hydrogens is 303 g/mol. The molecule has 0 amide bonds. The first-order valence-corrected chi connectivity index (χ1v) is 6.08. The van der Waals surface area contributed by atoms with Gasteiger partial charge in [0.2, 0.25) is 5.88 Å². The second-order valence-electron chi connectivity index (χ2n) is 3.83. The Labute approximate surface area is 112 Å². The summed E-state index contributed by atoms with van der Waals surface area (Å²) in [6.07, 6.45) is 0. The number of rotatable bonds is 3. The van der Waals surface area contributed by atoms with E-state index in [1.165, 1.54) is 22.9 Å². The molecule has 0 spiro atoms. The predicted molar refractivity (Wildman–Crippen MR) is 68.0 cm³/mol. The van der Waals surface area contributed by atoms with E-state index in [1.54, 1.807) is 14.0 Å². The zero-order chi connectivity index (χ0) is 13.3. The van der Waals surface area contributed by atoms with Crippen molar-refractivity contribution in [1.82, 2.24) is 9.78 Å². The summed E-state index contributed by atoms with van der Waals surface area (Å²) in [5.41, 5.74) is 1.33. The number of aliphatic hydroxyl groups excluding tert-OH is 1. The molecule has 96 valence electrons. The number of nitrogens with zero attached hydrogens (tertiary/aromatic N) is 2. The van der Waals surface area contributed by atoms with Crippen LogP contribution >= 0.6 is 15.9 Å². The number of benzene rings is 1. The Morgan fingerprint density at radius 3 is 2.83 bits per heavy atom. The number of hydrogen-bond donors (Lipinski definition) is 1. The highest BCUT2D eigenvalue weighted by molar-refractivity contribution is 9.10. The van der Waals surface area contributed by atoms with Crippen molar-refractivity contribution >= 4 is 15.9 Å². The molecule has 0 fully saturated rings. The van der Waals surface area contributed by atoms with Gasteiger partial charge in [-0.25, -0.2) is 9.07 Å². The SMILES string of the molecule is Cc1nn(C)c(Oc2ccc(F)c(Br)c2)c1CO. The minimum Gasteiger partial charge on any atom is -0.439 e. The van der Waals surface area contributed by atoms with Crippen LogP contribution in [0.3, 0.4) is 0 Å². The molecule has 1 aromatic carbocycles. The van der Waals surface area contributed by atoms with Crippen molar-refractivity contribution in [2.45, 2.75) is 13.5 Å². The van der Waals surface area contributed by atoms with Crippen molar-refractivity contribution in [3.8, 4) is 11.6 Å². The molecular formula is C12H12BrFN2O2. The summed E-state index contributed by atoms with van der Waals surface area (Å²) in [7, 11) is 1.72. The first kappa shape index (κ1) is 13.0. The van der Waals surface area contributed by atoms with E-state index in [2.05, 4.69) is 21.0 Å². The van der Waals surface area contributed by atoms with E-state index in [-0.39, 0.29) is 12.4 Å². The first-order valence-electron chi connectivity index (χ1n) is 5.29. The Bertz CT molecular complexity index is 584. The number of aryl methyl sites for hydroxylation is 2. The van der Waals surface area contributed by atoms with E-state index in [4.69, 9.17) is 4.74 Å². The molecule has 0 aliphatic rings. The van der Waals surface area contributed by atoms with Gasteiger partial charge in [-0.3, -0.25) is 0 Å². The third-order valence-electron chi connectivity index (χ3n) is 2.55. The maximum Gasteiger partial charge on any atom is 0.223 e. The lowest BCUT2D eigenvalue weighted by atomic mass is 10.2. The molecule has 6 heteroatoms. The van der Waals surface area contributed by atoms with Crippen LogP contribution in [0.1, 0.15) is 11.3 Å². The van der Waals surface area contributed by atoms with E-state index < -0.39 is 0 Å². The van der Waals surface area contributed by atoms with Crippen LogP contribution in [0.25, 0.3) is 0 Å². The number of aliphatic hydroxyl groups is 1. The van der Waals surface area contributed by atoms with Crippen molar-refractivity contribution in [3.05, 3.63) is 39.7 Å². The van der Waals surface area contributed by atoms with Gasteiger partial charge in [-0.2, -0.15) is 5.10 Å². The van der Waals surface area contributed by atoms with Crippen molar-refractivity contribution in [2.75, 3.05) is 0 Å². The average molecular weight is 315 g/mol. The fraction of sp³-hybridized carbons (Fsp3) is 0.250. The molecule has 0 atom stereocenters. The second kappa shape index (κ2) is 5.07. The van der Waals surface area contributed by atoms with Gasteiger partial charge in [0.25, 0.3) is 0 Å². The zero-order valence-corrected chi connectivity index (χ0v) is 11.5. The van der Waals surface area contributed by atoms with Gasteiger partial charge in [0, 0.05) is 7.05 Å². The van der Waals surface area contributed by atoms with Gasteiger partial charge in [-0.05, 0) is 41.1 Å². The molecule has 1 aromatic heterocycles. The Morgan fingerprint density at radius 1 is 1.50 bits per heavy atom. The Kier molecular flexibility index (Phi) is 3.68. The summed E-state index contributed by atoms with van der Waals surface area (Å²) in [6, 6.07) is 4.35. The zero-order valence-electron chi connectivity index (χ0n) is 9.94. The molecule has 0 bridgehead atoms. The lowest BCUT2D eigenvalue weighted by Crippen LogP contribution is -1.97. The Morgan fingerprint density at radius 2 is 2.22 bits per heavy atom. The summed E-state index contributed by atoms with van der Waals surface area (Å²) in [5, 5.41) is 13.5. The normalized spacial score (nSPS) is 10.7. The van der Waals surface area contributed by atoms with E-state index in [0.717, 1.165) is 0 Å². The van der Waals surface area contributed by atoms with Gasteiger partial charge in [0.05, 0.1) is 22.3 Å². The Balaban J connectivity index is 2.36. The topological polar surface area (TPSA) is 47.3 Å². The van der Waals surface area contributed by atoms with Gasteiger partial charge in [0.1, 0.15) is 11.6 Å². The van der Waals surface area contributed by atoms with Crippen LogP contribution < -0.4 is 4.74 Å². The van der Waals surface area contributed by atoms with E-state index in [1.807, 2.05) is 0 Å². The molecule has 1 heterocycles. The molecule has 18 heavy (non-hydrogen) atoms. The van der Waals surface area contributed by atoms with Gasteiger partial charge in [0.15, 0.2) is 0 Å². The quantitative estimate of drug-likeness (QED) is 0.947.